The summed E-state index contributed by atoms with van der Waals surface area (Å²) in [6.07, 6.45) is 1.64. The van der Waals surface area contributed by atoms with E-state index >= 15 is 0 Å². The quantitative estimate of drug-likeness (QED) is 0.442. The number of nitrogens with zero attached hydrogens (tertiary/aromatic N) is 5. The molecule has 0 amide bonds. The Labute approximate surface area is 186 Å². The minimum Gasteiger partial charge on any atom is -0.378 e. The number of hydrazone groups is 1. The first-order chi connectivity index (χ1) is 15.1. The summed E-state index contributed by atoms with van der Waals surface area (Å²) in [6.45, 7) is 6.80. The van der Waals surface area contributed by atoms with E-state index in [9.17, 15) is 0 Å². The van der Waals surface area contributed by atoms with Crippen molar-refractivity contribution in [2.45, 2.75) is 13.8 Å². The van der Waals surface area contributed by atoms with Crippen LogP contribution in [0.4, 0.5) is 23.5 Å². The predicted molar refractivity (Wildman–Crippen MR) is 125 cm³/mol. The van der Waals surface area contributed by atoms with Gasteiger partial charge in [-0.15, -0.1) is 0 Å². The van der Waals surface area contributed by atoms with Gasteiger partial charge in [0.05, 0.1) is 19.4 Å². The molecule has 0 bridgehead atoms. The molecule has 0 unspecified atom stereocenters. The molecule has 2 heterocycles. The number of aryl methyl sites for hydroxylation is 2. The van der Waals surface area contributed by atoms with Gasteiger partial charge < -0.3 is 15.0 Å². The highest BCUT2D eigenvalue weighted by Gasteiger charge is 2.17. The average Bonchev–Trinajstić information content (AvgIpc) is 2.78. The Balaban J connectivity index is 1.61. The van der Waals surface area contributed by atoms with Crippen molar-refractivity contribution in [1.29, 1.82) is 0 Å². The molecule has 1 fully saturated rings. The highest BCUT2D eigenvalue weighted by molar-refractivity contribution is 6.33. The van der Waals surface area contributed by atoms with Gasteiger partial charge in [-0.25, -0.2) is 5.43 Å². The predicted octanol–water partition coefficient (Wildman–Crippen LogP) is 4.17. The van der Waals surface area contributed by atoms with E-state index in [1.54, 1.807) is 6.21 Å². The zero-order valence-corrected chi connectivity index (χ0v) is 18.2. The van der Waals surface area contributed by atoms with Crippen LogP contribution in [0.5, 0.6) is 0 Å². The van der Waals surface area contributed by atoms with Gasteiger partial charge >= 0.3 is 0 Å². The molecule has 1 aromatic heterocycles. The van der Waals surface area contributed by atoms with E-state index in [1.165, 1.54) is 0 Å². The largest absolute Gasteiger partial charge is 0.378 e. The van der Waals surface area contributed by atoms with Crippen molar-refractivity contribution in [3.8, 4) is 0 Å². The number of halogens is 1. The third kappa shape index (κ3) is 5.48. The van der Waals surface area contributed by atoms with E-state index < -0.39 is 0 Å². The lowest BCUT2D eigenvalue weighted by Gasteiger charge is -2.27. The molecule has 0 radical (unpaired) electrons. The number of anilines is 4. The summed E-state index contributed by atoms with van der Waals surface area (Å²) in [4.78, 5) is 15.7. The first-order valence-corrected chi connectivity index (χ1v) is 10.4. The zero-order valence-electron chi connectivity index (χ0n) is 17.5. The molecule has 1 saturated heterocycles. The van der Waals surface area contributed by atoms with E-state index in [0.717, 1.165) is 35.5 Å². The van der Waals surface area contributed by atoms with Crippen molar-refractivity contribution in [1.82, 2.24) is 15.0 Å². The van der Waals surface area contributed by atoms with Crippen LogP contribution in [0.1, 0.15) is 16.7 Å². The van der Waals surface area contributed by atoms with Gasteiger partial charge in [0, 0.05) is 29.4 Å². The van der Waals surface area contributed by atoms with Crippen LogP contribution in [0, 0.1) is 13.8 Å². The molecule has 2 N–H and O–H groups in total. The molecule has 9 heteroatoms. The number of morpholine rings is 1. The number of rotatable bonds is 6. The molecule has 160 valence electrons. The Morgan fingerprint density at radius 2 is 1.81 bits per heavy atom. The van der Waals surface area contributed by atoms with E-state index in [4.69, 9.17) is 16.3 Å². The van der Waals surface area contributed by atoms with Gasteiger partial charge in [0.2, 0.25) is 17.8 Å². The number of hydrogen-bond acceptors (Lipinski definition) is 8. The van der Waals surface area contributed by atoms with Crippen LogP contribution in [-0.4, -0.2) is 47.5 Å². The SMILES string of the molecule is Cc1ccc(C)c(Nc2nc(N/N=C\c3ccccc3Cl)nc(N3CCOCC3)n2)c1. The number of ether oxygens (including phenoxy) is 1. The molecule has 2 aromatic carbocycles. The normalized spacial score (nSPS) is 14.1. The van der Waals surface area contributed by atoms with Gasteiger partial charge in [-0.3, -0.25) is 0 Å². The van der Waals surface area contributed by atoms with E-state index in [-0.39, 0.29) is 0 Å². The van der Waals surface area contributed by atoms with E-state index in [2.05, 4.69) is 53.9 Å². The highest BCUT2D eigenvalue weighted by Crippen LogP contribution is 2.22. The molecule has 1 aliphatic heterocycles. The van der Waals surface area contributed by atoms with E-state index in [1.807, 2.05) is 38.1 Å². The molecular weight excluding hydrogens is 414 g/mol. The molecule has 8 nitrogen and oxygen atoms in total. The second kappa shape index (κ2) is 9.72. The third-order valence-corrected chi connectivity index (χ3v) is 5.17. The summed E-state index contributed by atoms with van der Waals surface area (Å²) in [5.74, 6) is 1.36. The Morgan fingerprint density at radius 1 is 1.03 bits per heavy atom. The van der Waals surface area contributed by atoms with Gasteiger partial charge in [0.15, 0.2) is 0 Å². The maximum Gasteiger partial charge on any atom is 0.250 e. The summed E-state index contributed by atoms with van der Waals surface area (Å²) < 4.78 is 5.45. The number of aromatic nitrogens is 3. The maximum atomic E-state index is 6.19. The lowest BCUT2D eigenvalue weighted by atomic mass is 10.1. The molecule has 3 aromatic rings. The molecular formula is C22H24ClN7O. The van der Waals surface area contributed by atoms with Crippen LogP contribution < -0.4 is 15.6 Å². The minimum atomic E-state index is 0.340. The lowest BCUT2D eigenvalue weighted by Crippen LogP contribution is -2.37. The van der Waals surface area contributed by atoms with Crippen molar-refractivity contribution in [3.63, 3.8) is 0 Å². The maximum absolute atomic E-state index is 6.19. The van der Waals surface area contributed by atoms with Crippen LogP contribution in [0.15, 0.2) is 47.6 Å². The fourth-order valence-electron chi connectivity index (χ4n) is 3.11. The Kier molecular flexibility index (Phi) is 6.59. The average molecular weight is 438 g/mol. The van der Waals surface area contributed by atoms with Crippen LogP contribution in [0.2, 0.25) is 5.02 Å². The molecule has 4 rings (SSSR count). The fourth-order valence-corrected chi connectivity index (χ4v) is 3.29. The smallest absolute Gasteiger partial charge is 0.250 e. The van der Waals surface area contributed by atoms with Gasteiger partial charge in [-0.1, -0.05) is 41.9 Å². The Hall–Kier alpha value is -3.23. The lowest BCUT2D eigenvalue weighted by molar-refractivity contribution is 0.122. The molecule has 1 aliphatic rings. The van der Waals surface area contributed by atoms with Crippen LogP contribution in [0.25, 0.3) is 0 Å². The van der Waals surface area contributed by atoms with Crippen molar-refractivity contribution in [2.75, 3.05) is 41.9 Å². The summed E-state index contributed by atoms with van der Waals surface area (Å²) in [7, 11) is 0. The van der Waals surface area contributed by atoms with Crippen molar-refractivity contribution in [2.24, 2.45) is 5.10 Å². The van der Waals surface area contributed by atoms with Crippen molar-refractivity contribution < 1.29 is 4.74 Å². The van der Waals surface area contributed by atoms with Gasteiger partial charge in [-0.2, -0.15) is 20.1 Å². The summed E-state index contributed by atoms with van der Waals surface area (Å²) in [5, 5.41) is 8.19. The monoisotopic (exact) mass is 437 g/mol. The van der Waals surface area contributed by atoms with Crippen LogP contribution in [0.3, 0.4) is 0 Å². The highest BCUT2D eigenvalue weighted by atomic mass is 35.5. The van der Waals surface area contributed by atoms with Gasteiger partial charge in [-0.05, 0) is 37.1 Å². The van der Waals surface area contributed by atoms with Crippen LogP contribution >= 0.6 is 11.6 Å². The topological polar surface area (TPSA) is 87.6 Å². The zero-order chi connectivity index (χ0) is 21.6. The van der Waals surface area contributed by atoms with Crippen molar-refractivity contribution in [3.05, 3.63) is 64.2 Å². The molecule has 0 atom stereocenters. The van der Waals surface area contributed by atoms with Crippen LogP contribution in [-0.2, 0) is 4.74 Å². The molecule has 0 spiro atoms. The third-order valence-electron chi connectivity index (χ3n) is 4.83. The number of benzene rings is 2. The first kappa shape index (κ1) is 21.0. The summed E-state index contributed by atoms with van der Waals surface area (Å²) >= 11 is 6.19. The van der Waals surface area contributed by atoms with Gasteiger partial charge in [0.1, 0.15) is 0 Å². The first-order valence-electron chi connectivity index (χ1n) is 10.0. The molecule has 0 saturated carbocycles. The number of hydrogen-bond donors (Lipinski definition) is 2. The van der Waals surface area contributed by atoms with E-state index in [0.29, 0.717) is 36.1 Å². The summed E-state index contributed by atoms with van der Waals surface area (Å²) in [6, 6.07) is 13.7. The minimum absolute atomic E-state index is 0.340. The van der Waals surface area contributed by atoms with Gasteiger partial charge in [0.25, 0.3) is 0 Å². The second-order valence-corrected chi connectivity index (χ2v) is 7.62. The fraction of sp³-hybridized carbons (Fsp3) is 0.273. The Bertz CT molecular complexity index is 1080. The van der Waals surface area contributed by atoms with Crippen molar-refractivity contribution >= 4 is 41.3 Å². The second-order valence-electron chi connectivity index (χ2n) is 7.22. The summed E-state index contributed by atoms with van der Waals surface area (Å²) in [5.41, 5.74) is 6.90. The number of nitrogens with one attached hydrogen (secondary N) is 2. The molecule has 31 heavy (non-hydrogen) atoms. The standard InChI is InChI=1S/C22H24ClN7O/c1-15-7-8-16(2)19(13-15)25-20-26-21(28-22(27-20)30-9-11-31-12-10-30)29-24-14-17-5-3-4-6-18(17)23/h3-8,13-14H,9-12H2,1-2H3,(H2,25,26,27,28,29)/b24-14-. The molecule has 0 aliphatic carbocycles. The Morgan fingerprint density at radius 3 is 2.61 bits per heavy atom.